The van der Waals surface area contributed by atoms with E-state index in [1.54, 1.807) is 0 Å². The van der Waals surface area contributed by atoms with Gasteiger partial charge in [0.1, 0.15) is 5.91 Å². The van der Waals surface area contributed by atoms with E-state index in [1.165, 1.54) is 0 Å². The normalized spacial score (nSPS) is 12.6. The molecule has 0 spiro atoms. The molecular weight excluding hydrogens is 100 g/mol. The van der Waals surface area contributed by atoms with Crippen LogP contribution in [0.5, 0.6) is 0 Å². The van der Waals surface area contributed by atoms with Gasteiger partial charge in [-0.15, -0.1) is 0 Å². The van der Waals surface area contributed by atoms with Crippen LogP contribution >= 0.6 is 0 Å². The van der Waals surface area contributed by atoms with Gasteiger partial charge in [-0.05, 0) is 9.76 Å². The highest BCUT2D eigenvalue weighted by atomic mass is 29.1. The fourth-order valence-corrected chi connectivity index (χ4v) is 0. The SMILES string of the molecule is OC(O)[SiH2][SiH3]. The summed E-state index contributed by atoms with van der Waals surface area (Å²) in [5.41, 5.74) is 0. The Morgan fingerprint density at radius 3 is 1.80 bits per heavy atom. The minimum Gasteiger partial charge on any atom is -0.373 e. The van der Waals surface area contributed by atoms with Gasteiger partial charge in [-0.1, -0.05) is 0 Å². The van der Waals surface area contributed by atoms with Crippen LogP contribution in [0.4, 0.5) is 0 Å². The fraction of sp³-hybridized carbons (Fsp3) is 1.00. The van der Waals surface area contributed by atoms with Crippen molar-refractivity contribution in [2.75, 3.05) is 0 Å². The molecule has 0 saturated carbocycles. The molecule has 0 radical (unpaired) electrons. The van der Waals surface area contributed by atoms with Crippen molar-refractivity contribution in [1.29, 1.82) is 0 Å². The van der Waals surface area contributed by atoms with Crippen LogP contribution in [-0.4, -0.2) is 34.9 Å². The van der Waals surface area contributed by atoms with E-state index < -0.39 is 15.0 Å². The van der Waals surface area contributed by atoms with Crippen LogP contribution in [0.15, 0.2) is 0 Å². The van der Waals surface area contributed by atoms with E-state index in [0.29, 0.717) is 0 Å². The van der Waals surface area contributed by atoms with E-state index >= 15 is 0 Å². The summed E-state index contributed by atoms with van der Waals surface area (Å²) in [6, 6.07) is 0. The van der Waals surface area contributed by atoms with Crippen LogP contribution in [0.3, 0.4) is 0 Å². The van der Waals surface area contributed by atoms with Gasteiger partial charge < -0.3 is 10.2 Å². The minimum atomic E-state index is -0.915. The van der Waals surface area contributed by atoms with Crippen LogP contribution in [0, 0.1) is 0 Å². The van der Waals surface area contributed by atoms with Gasteiger partial charge in [0.2, 0.25) is 0 Å². The minimum absolute atomic E-state index is 0.401. The molecule has 0 aromatic carbocycles. The Morgan fingerprint density at radius 1 is 1.60 bits per heavy atom. The molecule has 32 valence electrons. The maximum Gasteiger partial charge on any atom is 0.125 e. The molecule has 0 heterocycles. The molecule has 0 saturated heterocycles. The molecule has 4 heteroatoms. The first-order chi connectivity index (χ1) is 2.27. The third-order valence-electron chi connectivity index (χ3n) is 0.365. The maximum atomic E-state index is 8.01. The summed E-state index contributed by atoms with van der Waals surface area (Å²) in [5, 5.41) is 16.0. The highest BCUT2D eigenvalue weighted by Crippen LogP contribution is 1.57. The van der Waals surface area contributed by atoms with Crippen molar-refractivity contribution in [3.05, 3.63) is 0 Å². The van der Waals surface area contributed by atoms with Crippen LogP contribution in [0.25, 0.3) is 0 Å². The summed E-state index contributed by atoms with van der Waals surface area (Å²) >= 11 is 0. The lowest BCUT2D eigenvalue weighted by Crippen LogP contribution is -2.13. The summed E-state index contributed by atoms with van der Waals surface area (Å²) in [5.74, 6) is -0.915. The lowest BCUT2D eigenvalue weighted by molar-refractivity contribution is 0.0312. The molecular formula is CH8O2Si2. The molecule has 0 aromatic heterocycles. The zero-order valence-electron chi connectivity index (χ0n) is 3.18. The number of aliphatic hydroxyl groups excluding tert-OH is 1. The zero-order valence-corrected chi connectivity index (χ0v) is 6.59. The lowest BCUT2D eigenvalue weighted by atomic mass is 11.5. The Labute approximate surface area is 35.9 Å². The molecule has 0 bridgehead atoms. The monoisotopic (exact) mass is 108 g/mol. The molecule has 5 heavy (non-hydrogen) atoms. The molecule has 2 nitrogen and oxygen atoms in total. The first-order valence-electron chi connectivity index (χ1n) is 1.63. The lowest BCUT2D eigenvalue weighted by Gasteiger charge is -1.89. The Morgan fingerprint density at radius 2 is 1.80 bits per heavy atom. The van der Waals surface area contributed by atoms with Gasteiger partial charge in [0.25, 0.3) is 0 Å². The van der Waals surface area contributed by atoms with Gasteiger partial charge >= 0.3 is 0 Å². The average molecular weight is 108 g/mol. The Balaban J connectivity index is 2.54. The van der Waals surface area contributed by atoms with Crippen molar-refractivity contribution >= 4 is 18.8 Å². The summed E-state index contributed by atoms with van der Waals surface area (Å²) in [6.07, 6.45) is 0. The Kier molecular flexibility index (Phi) is 2.77. The molecule has 0 unspecified atom stereocenters. The van der Waals surface area contributed by atoms with Gasteiger partial charge in [-0.2, -0.15) is 0 Å². The summed E-state index contributed by atoms with van der Waals surface area (Å²) in [6.45, 7) is 0. The quantitative estimate of drug-likeness (QED) is 0.273. The first-order valence-corrected chi connectivity index (χ1v) is 8.11. The van der Waals surface area contributed by atoms with Crippen molar-refractivity contribution < 1.29 is 10.2 Å². The average Bonchev–Trinajstić information content (AvgIpc) is 1.38. The molecule has 0 amide bonds. The van der Waals surface area contributed by atoms with Crippen molar-refractivity contribution in [1.82, 2.24) is 0 Å². The summed E-state index contributed by atoms with van der Waals surface area (Å²) < 4.78 is 0. The van der Waals surface area contributed by atoms with Crippen molar-refractivity contribution in [3.8, 4) is 0 Å². The van der Waals surface area contributed by atoms with E-state index in [9.17, 15) is 0 Å². The van der Waals surface area contributed by atoms with E-state index in [-0.39, 0.29) is 0 Å². The molecule has 0 atom stereocenters. The molecule has 0 aliphatic carbocycles. The van der Waals surface area contributed by atoms with E-state index in [4.69, 9.17) is 10.2 Å². The smallest absolute Gasteiger partial charge is 0.125 e. The van der Waals surface area contributed by atoms with E-state index in [2.05, 4.69) is 0 Å². The van der Waals surface area contributed by atoms with Crippen molar-refractivity contribution in [2.24, 2.45) is 0 Å². The van der Waals surface area contributed by atoms with Gasteiger partial charge in [0.15, 0.2) is 0 Å². The predicted octanol–water partition coefficient (Wildman–Crippen LogP) is -3.30. The van der Waals surface area contributed by atoms with Crippen LogP contribution < -0.4 is 0 Å². The fourth-order valence-electron chi connectivity index (χ4n) is 0. The van der Waals surface area contributed by atoms with Gasteiger partial charge in [0.05, 0.1) is 9.04 Å². The first kappa shape index (κ1) is 5.35. The van der Waals surface area contributed by atoms with Gasteiger partial charge in [0, 0.05) is 0 Å². The summed E-state index contributed by atoms with van der Waals surface area (Å²) in [4.78, 5) is 0. The van der Waals surface area contributed by atoms with E-state index in [1.807, 2.05) is 0 Å². The molecule has 0 aromatic rings. The molecule has 0 fully saturated rings. The van der Waals surface area contributed by atoms with Crippen LogP contribution in [0.2, 0.25) is 0 Å². The summed E-state index contributed by atoms with van der Waals surface area (Å²) in [7, 11) is 0.611. The number of hydrogen-bond acceptors (Lipinski definition) is 2. The van der Waals surface area contributed by atoms with E-state index in [0.717, 1.165) is 9.76 Å². The number of rotatable bonds is 1. The Bertz CT molecular complexity index is 21.6. The third kappa shape index (κ3) is 4.35. The van der Waals surface area contributed by atoms with Gasteiger partial charge in [-0.3, -0.25) is 0 Å². The second-order valence-corrected chi connectivity index (χ2v) is 4.89. The van der Waals surface area contributed by atoms with Crippen molar-refractivity contribution in [2.45, 2.75) is 5.91 Å². The zero-order chi connectivity index (χ0) is 4.28. The van der Waals surface area contributed by atoms with Gasteiger partial charge in [-0.25, -0.2) is 0 Å². The second-order valence-electron chi connectivity index (χ2n) is 0.889. The predicted molar refractivity (Wildman–Crippen MR) is 26.7 cm³/mol. The topological polar surface area (TPSA) is 40.5 Å². The second kappa shape index (κ2) is 2.58. The molecule has 0 aliphatic rings. The van der Waals surface area contributed by atoms with Crippen LogP contribution in [0.1, 0.15) is 0 Å². The number of hydrogen-bond donors (Lipinski definition) is 2. The number of aliphatic hydroxyl groups is 2. The van der Waals surface area contributed by atoms with Crippen LogP contribution in [-0.2, 0) is 0 Å². The van der Waals surface area contributed by atoms with Crippen molar-refractivity contribution in [3.63, 3.8) is 0 Å². The highest BCUT2D eigenvalue weighted by Gasteiger charge is 1.84. The maximum absolute atomic E-state index is 8.01. The molecule has 2 N–H and O–H groups in total. The Hall–Kier alpha value is 0.354. The standard InChI is InChI=1S/CH8O2Si2/c2-1(3)5-4/h1-3H,5H2,4H3. The molecule has 0 aliphatic heterocycles. The largest absolute Gasteiger partial charge is 0.373 e. The highest BCUT2D eigenvalue weighted by molar-refractivity contribution is 6.89. The third-order valence-corrected chi connectivity index (χ3v) is 3.29. The molecule has 0 rings (SSSR count).